The van der Waals surface area contributed by atoms with Gasteiger partial charge in [-0.3, -0.25) is 9.59 Å². The Bertz CT molecular complexity index is 920. The number of carbonyl (C=O) groups excluding carboxylic acids is 2. The second-order valence-electron chi connectivity index (χ2n) is 9.00. The van der Waals surface area contributed by atoms with Crippen molar-refractivity contribution in [3.8, 4) is 0 Å². The van der Waals surface area contributed by atoms with E-state index in [1.807, 2.05) is 26.0 Å². The molecule has 0 atom stereocenters. The molecular formula is C24H29F2N3O2. The van der Waals surface area contributed by atoms with E-state index in [1.54, 1.807) is 17.0 Å². The van der Waals surface area contributed by atoms with Crippen LogP contribution in [0, 0.1) is 23.0 Å². The molecule has 0 aliphatic heterocycles. The van der Waals surface area contributed by atoms with E-state index in [9.17, 15) is 18.4 Å². The molecule has 0 heterocycles. The summed E-state index contributed by atoms with van der Waals surface area (Å²) in [5.74, 6) is -1.94. The number of carbonyl (C=O) groups is 2. The topological polar surface area (TPSA) is 75.4 Å². The largest absolute Gasteiger partial charge is 0.334 e. The van der Waals surface area contributed by atoms with E-state index in [0.717, 1.165) is 43.0 Å². The Balaban J connectivity index is 1.76. The van der Waals surface area contributed by atoms with Gasteiger partial charge in [-0.05, 0) is 54.6 Å². The minimum Gasteiger partial charge on any atom is -0.334 e. The third kappa shape index (κ3) is 6.10. The highest BCUT2D eigenvalue weighted by atomic mass is 19.1. The van der Waals surface area contributed by atoms with E-state index in [4.69, 9.17) is 5.73 Å². The molecule has 0 radical (unpaired) electrons. The SMILES string of the molecule is CC(C)(CN)CN(Cc1ccc(NC(=O)C2CCC2)cc1)C(=O)c1cc(F)cc(F)c1. The average Bonchev–Trinajstić information content (AvgIpc) is 2.66. The number of benzene rings is 2. The van der Waals surface area contributed by atoms with Gasteiger partial charge in [-0.25, -0.2) is 8.78 Å². The number of nitrogens with zero attached hydrogens (tertiary/aromatic N) is 1. The first kappa shape index (κ1) is 22.9. The van der Waals surface area contributed by atoms with Crippen LogP contribution in [0.4, 0.5) is 14.5 Å². The first-order valence-electron chi connectivity index (χ1n) is 10.5. The van der Waals surface area contributed by atoms with Crippen molar-refractivity contribution in [2.45, 2.75) is 39.7 Å². The summed E-state index contributed by atoms with van der Waals surface area (Å²) in [6.07, 6.45) is 2.95. The van der Waals surface area contributed by atoms with Gasteiger partial charge >= 0.3 is 0 Å². The normalized spacial score (nSPS) is 14.1. The summed E-state index contributed by atoms with van der Waals surface area (Å²) >= 11 is 0. The summed E-state index contributed by atoms with van der Waals surface area (Å²) in [4.78, 5) is 26.7. The minimum absolute atomic E-state index is 0.0358. The molecule has 0 aromatic heterocycles. The van der Waals surface area contributed by atoms with E-state index >= 15 is 0 Å². The minimum atomic E-state index is -0.798. The number of amides is 2. The molecule has 1 aliphatic carbocycles. The predicted octanol–water partition coefficient (Wildman–Crippen LogP) is 4.33. The lowest BCUT2D eigenvalue weighted by Gasteiger charge is -2.32. The predicted molar refractivity (Wildman–Crippen MR) is 116 cm³/mol. The van der Waals surface area contributed by atoms with Crippen molar-refractivity contribution in [2.24, 2.45) is 17.1 Å². The lowest BCUT2D eigenvalue weighted by atomic mass is 9.85. The molecule has 1 saturated carbocycles. The van der Waals surface area contributed by atoms with Crippen LogP contribution in [0.15, 0.2) is 42.5 Å². The molecule has 0 bridgehead atoms. The van der Waals surface area contributed by atoms with Gasteiger partial charge in [0.1, 0.15) is 11.6 Å². The third-order valence-electron chi connectivity index (χ3n) is 5.64. The average molecular weight is 430 g/mol. The molecule has 0 spiro atoms. The van der Waals surface area contributed by atoms with Crippen molar-refractivity contribution in [2.75, 3.05) is 18.4 Å². The van der Waals surface area contributed by atoms with E-state index in [1.165, 1.54) is 0 Å². The van der Waals surface area contributed by atoms with Crippen molar-refractivity contribution in [3.63, 3.8) is 0 Å². The number of anilines is 1. The van der Waals surface area contributed by atoms with Gasteiger partial charge in [0.15, 0.2) is 0 Å². The number of hydrogen-bond acceptors (Lipinski definition) is 3. The molecule has 166 valence electrons. The number of rotatable bonds is 8. The van der Waals surface area contributed by atoms with Gasteiger partial charge in [0, 0.05) is 36.3 Å². The van der Waals surface area contributed by atoms with Crippen LogP contribution in [-0.2, 0) is 11.3 Å². The monoisotopic (exact) mass is 429 g/mol. The van der Waals surface area contributed by atoms with E-state index in [-0.39, 0.29) is 29.3 Å². The van der Waals surface area contributed by atoms with Crippen LogP contribution in [0.1, 0.15) is 49.0 Å². The molecular weight excluding hydrogens is 400 g/mol. The van der Waals surface area contributed by atoms with Crippen LogP contribution >= 0.6 is 0 Å². The fourth-order valence-electron chi connectivity index (χ4n) is 3.47. The van der Waals surface area contributed by atoms with Crippen molar-refractivity contribution in [1.82, 2.24) is 4.90 Å². The van der Waals surface area contributed by atoms with Crippen LogP contribution < -0.4 is 11.1 Å². The molecule has 31 heavy (non-hydrogen) atoms. The first-order chi connectivity index (χ1) is 14.7. The zero-order chi connectivity index (χ0) is 22.6. The maximum Gasteiger partial charge on any atom is 0.254 e. The van der Waals surface area contributed by atoms with Crippen LogP contribution in [0.5, 0.6) is 0 Å². The maximum absolute atomic E-state index is 13.7. The summed E-state index contributed by atoms with van der Waals surface area (Å²) in [5, 5.41) is 2.91. The van der Waals surface area contributed by atoms with E-state index in [0.29, 0.717) is 18.8 Å². The highest BCUT2D eigenvalue weighted by molar-refractivity contribution is 5.94. The molecule has 7 heteroatoms. The fourth-order valence-corrected chi connectivity index (χ4v) is 3.47. The standard InChI is InChI=1S/C24H29F2N3O2/c1-24(2,14-27)15-29(23(31)18-10-19(25)12-20(26)11-18)13-16-6-8-21(9-7-16)28-22(30)17-4-3-5-17/h6-12,17H,3-5,13-15,27H2,1-2H3,(H,28,30). The zero-order valence-corrected chi connectivity index (χ0v) is 18.0. The second-order valence-corrected chi connectivity index (χ2v) is 9.00. The summed E-state index contributed by atoms with van der Waals surface area (Å²) in [6, 6.07) is 10.1. The van der Waals surface area contributed by atoms with Gasteiger partial charge in [-0.1, -0.05) is 32.4 Å². The summed E-state index contributed by atoms with van der Waals surface area (Å²) in [5.41, 5.74) is 6.96. The number of hydrogen-bond donors (Lipinski definition) is 2. The Morgan fingerprint density at radius 3 is 2.23 bits per heavy atom. The van der Waals surface area contributed by atoms with Crippen molar-refractivity contribution >= 4 is 17.5 Å². The molecule has 2 aromatic rings. The lowest BCUT2D eigenvalue weighted by Crippen LogP contribution is -2.41. The quantitative estimate of drug-likeness (QED) is 0.656. The Hall–Kier alpha value is -2.80. The number of nitrogens with two attached hydrogens (primary N) is 1. The summed E-state index contributed by atoms with van der Waals surface area (Å²) < 4.78 is 27.3. The van der Waals surface area contributed by atoms with Crippen molar-refractivity contribution in [3.05, 3.63) is 65.2 Å². The Morgan fingerprint density at radius 2 is 1.71 bits per heavy atom. The van der Waals surface area contributed by atoms with Gasteiger partial charge in [0.2, 0.25) is 5.91 Å². The number of nitrogens with one attached hydrogen (secondary N) is 1. The van der Waals surface area contributed by atoms with Gasteiger partial charge in [-0.15, -0.1) is 0 Å². The van der Waals surface area contributed by atoms with Gasteiger partial charge in [0.05, 0.1) is 0 Å². The Labute approximate surface area is 181 Å². The third-order valence-corrected chi connectivity index (χ3v) is 5.64. The van der Waals surface area contributed by atoms with Crippen LogP contribution in [-0.4, -0.2) is 29.8 Å². The molecule has 3 N–H and O–H groups in total. The first-order valence-corrected chi connectivity index (χ1v) is 10.5. The van der Waals surface area contributed by atoms with Crippen molar-refractivity contribution < 1.29 is 18.4 Å². The van der Waals surface area contributed by atoms with E-state index in [2.05, 4.69) is 5.32 Å². The van der Waals surface area contributed by atoms with Gasteiger partial charge < -0.3 is 16.0 Å². The highest BCUT2D eigenvalue weighted by Gasteiger charge is 2.26. The molecule has 0 saturated heterocycles. The molecule has 2 aromatic carbocycles. The van der Waals surface area contributed by atoms with Crippen LogP contribution in [0.2, 0.25) is 0 Å². The molecule has 1 aliphatic rings. The van der Waals surface area contributed by atoms with Gasteiger partial charge in [-0.2, -0.15) is 0 Å². The Kier molecular flexibility index (Phi) is 7.05. The van der Waals surface area contributed by atoms with E-state index < -0.39 is 17.5 Å². The molecule has 0 unspecified atom stereocenters. The van der Waals surface area contributed by atoms with Gasteiger partial charge in [0.25, 0.3) is 5.91 Å². The molecule has 3 rings (SSSR count). The number of halogens is 2. The zero-order valence-electron chi connectivity index (χ0n) is 18.0. The fraction of sp³-hybridized carbons (Fsp3) is 0.417. The summed E-state index contributed by atoms with van der Waals surface area (Å²) in [7, 11) is 0. The molecule has 5 nitrogen and oxygen atoms in total. The molecule has 2 amide bonds. The van der Waals surface area contributed by atoms with Crippen molar-refractivity contribution in [1.29, 1.82) is 0 Å². The lowest BCUT2D eigenvalue weighted by molar-refractivity contribution is -0.122. The highest BCUT2D eigenvalue weighted by Crippen LogP contribution is 2.28. The second kappa shape index (κ2) is 9.56. The molecule has 1 fully saturated rings. The Morgan fingerprint density at radius 1 is 1.10 bits per heavy atom. The summed E-state index contributed by atoms with van der Waals surface area (Å²) in [6.45, 7) is 4.77. The van der Waals surface area contributed by atoms with Crippen LogP contribution in [0.25, 0.3) is 0 Å². The van der Waals surface area contributed by atoms with Crippen LogP contribution in [0.3, 0.4) is 0 Å². The maximum atomic E-state index is 13.7. The smallest absolute Gasteiger partial charge is 0.254 e.